The van der Waals surface area contributed by atoms with E-state index in [9.17, 15) is 14.9 Å². The largest absolute Gasteiger partial charge is 0.457 e. The number of hydrogen-bond acceptors (Lipinski definition) is 4. The van der Waals surface area contributed by atoms with Crippen molar-refractivity contribution in [3.63, 3.8) is 0 Å². The summed E-state index contributed by atoms with van der Waals surface area (Å²) >= 11 is 0. The Balaban J connectivity index is 1.97. The summed E-state index contributed by atoms with van der Waals surface area (Å²) in [6, 6.07) is 15.4. The van der Waals surface area contributed by atoms with E-state index < -0.39 is 4.92 Å². The lowest BCUT2D eigenvalue weighted by atomic mass is 10.0. The average molecular weight is 361 g/mol. The zero-order valence-electron chi connectivity index (χ0n) is 14.4. The van der Waals surface area contributed by atoms with Crippen LogP contribution >= 0.6 is 0 Å². The van der Waals surface area contributed by atoms with E-state index in [1.54, 1.807) is 43.7 Å². The first kappa shape index (κ1) is 16.6. The summed E-state index contributed by atoms with van der Waals surface area (Å²) in [6.45, 7) is 0. The van der Waals surface area contributed by atoms with Crippen molar-refractivity contribution in [3.05, 3.63) is 87.5 Å². The van der Waals surface area contributed by atoms with Gasteiger partial charge in [-0.1, -0.05) is 18.2 Å². The third-order valence-electron chi connectivity index (χ3n) is 4.33. The molecule has 7 heteroatoms. The minimum Gasteiger partial charge on any atom is -0.457 e. The van der Waals surface area contributed by atoms with Crippen molar-refractivity contribution in [2.24, 2.45) is 7.05 Å². The highest BCUT2D eigenvalue weighted by atomic mass is 16.6. The molecule has 0 unspecified atom stereocenters. The molecule has 134 valence electrons. The Hall–Kier alpha value is -3.87. The van der Waals surface area contributed by atoms with Gasteiger partial charge in [-0.2, -0.15) is 0 Å². The molecule has 0 saturated carbocycles. The number of nitro groups is 1. The molecule has 2 heterocycles. The molecule has 0 spiro atoms. The maximum Gasteiger partial charge on any atom is 0.274 e. The lowest BCUT2D eigenvalue weighted by molar-refractivity contribution is -0.384. The molecule has 7 nitrogen and oxygen atoms in total. The molecule has 1 N–H and O–H groups in total. The molecule has 0 atom stereocenters. The molecule has 4 aromatic rings. The summed E-state index contributed by atoms with van der Waals surface area (Å²) in [4.78, 5) is 26.1. The van der Waals surface area contributed by atoms with Gasteiger partial charge in [0.25, 0.3) is 11.2 Å². The van der Waals surface area contributed by atoms with Crippen LogP contribution in [-0.2, 0) is 7.05 Å². The van der Waals surface area contributed by atoms with Crippen LogP contribution in [0, 0.1) is 10.1 Å². The summed E-state index contributed by atoms with van der Waals surface area (Å²) in [6.07, 6.45) is 3.33. The molecular formula is C20H15N3O4. The number of fused-ring (bicyclic) bond motifs is 1. The van der Waals surface area contributed by atoms with Crippen molar-refractivity contribution in [2.45, 2.75) is 0 Å². The van der Waals surface area contributed by atoms with Crippen molar-refractivity contribution in [1.29, 1.82) is 0 Å². The van der Waals surface area contributed by atoms with Crippen LogP contribution in [0.5, 0.6) is 11.5 Å². The van der Waals surface area contributed by atoms with E-state index in [-0.39, 0.29) is 11.2 Å². The molecular weight excluding hydrogens is 346 g/mol. The van der Waals surface area contributed by atoms with Gasteiger partial charge in [0.1, 0.15) is 17.0 Å². The number of nitrogens with one attached hydrogen (secondary N) is 1. The van der Waals surface area contributed by atoms with Crippen LogP contribution in [0.1, 0.15) is 0 Å². The third-order valence-corrected chi connectivity index (χ3v) is 4.33. The van der Waals surface area contributed by atoms with Crippen LogP contribution in [0.4, 0.5) is 5.69 Å². The highest BCUT2D eigenvalue weighted by molar-refractivity contribution is 5.96. The second-order valence-corrected chi connectivity index (χ2v) is 6.08. The lowest BCUT2D eigenvalue weighted by Crippen LogP contribution is -2.16. The van der Waals surface area contributed by atoms with E-state index in [1.807, 2.05) is 18.2 Å². The van der Waals surface area contributed by atoms with Crippen LogP contribution in [0.25, 0.3) is 22.0 Å². The molecule has 0 aliphatic rings. The molecule has 0 radical (unpaired) electrons. The zero-order chi connectivity index (χ0) is 19.0. The van der Waals surface area contributed by atoms with Crippen LogP contribution in [0.3, 0.4) is 0 Å². The number of rotatable bonds is 4. The van der Waals surface area contributed by atoms with Gasteiger partial charge in [0.05, 0.1) is 4.92 Å². The first-order chi connectivity index (χ1) is 13.0. The van der Waals surface area contributed by atoms with E-state index in [2.05, 4.69) is 4.98 Å². The van der Waals surface area contributed by atoms with Crippen molar-refractivity contribution in [1.82, 2.24) is 9.55 Å². The Morgan fingerprint density at radius 2 is 1.85 bits per heavy atom. The Kier molecular flexibility index (Phi) is 3.97. The molecule has 0 aliphatic carbocycles. The summed E-state index contributed by atoms with van der Waals surface area (Å²) < 4.78 is 7.42. The summed E-state index contributed by atoms with van der Waals surface area (Å²) in [5.41, 5.74) is 1.42. The highest BCUT2D eigenvalue weighted by Gasteiger charge is 2.18. The second-order valence-electron chi connectivity index (χ2n) is 6.08. The number of benzene rings is 2. The van der Waals surface area contributed by atoms with Gasteiger partial charge in [-0.15, -0.1) is 0 Å². The number of H-pyrrole nitrogens is 1. The molecule has 27 heavy (non-hydrogen) atoms. The van der Waals surface area contributed by atoms with Crippen molar-refractivity contribution < 1.29 is 9.66 Å². The normalized spacial score (nSPS) is 10.9. The lowest BCUT2D eigenvalue weighted by Gasteiger charge is -2.13. The van der Waals surface area contributed by atoms with Gasteiger partial charge in [-0.25, -0.2) is 0 Å². The minimum atomic E-state index is -0.452. The van der Waals surface area contributed by atoms with E-state index in [1.165, 1.54) is 16.7 Å². The standard InChI is InChI=1S/C20H15N3O4/c1-22-12-17(15-9-10-21-19(15)20(22)24)16-11-13(23(25)26)7-8-18(16)27-14-5-3-2-4-6-14/h2-12,21H,1H3. The number of aromatic nitrogens is 2. The van der Waals surface area contributed by atoms with Gasteiger partial charge < -0.3 is 14.3 Å². The number of nitro benzene ring substituents is 1. The fourth-order valence-corrected chi connectivity index (χ4v) is 3.03. The summed E-state index contributed by atoms with van der Waals surface area (Å²) in [5, 5.41) is 12.0. The van der Waals surface area contributed by atoms with Gasteiger partial charge in [0.2, 0.25) is 0 Å². The van der Waals surface area contributed by atoms with Gasteiger partial charge >= 0.3 is 0 Å². The quantitative estimate of drug-likeness (QED) is 0.435. The maximum absolute atomic E-state index is 12.3. The van der Waals surface area contributed by atoms with Crippen molar-refractivity contribution in [3.8, 4) is 22.6 Å². The average Bonchev–Trinajstić information content (AvgIpc) is 3.16. The molecule has 4 rings (SSSR count). The second kappa shape index (κ2) is 6.45. The summed E-state index contributed by atoms with van der Waals surface area (Å²) in [5.74, 6) is 1.08. The van der Waals surface area contributed by atoms with Gasteiger partial charge in [-0.3, -0.25) is 14.9 Å². The molecule has 0 fully saturated rings. The molecule has 2 aromatic heterocycles. The fraction of sp³-hybridized carbons (Fsp3) is 0.0500. The first-order valence-electron chi connectivity index (χ1n) is 8.23. The molecule has 2 aromatic carbocycles. The van der Waals surface area contributed by atoms with Crippen molar-refractivity contribution >= 4 is 16.6 Å². The van der Waals surface area contributed by atoms with E-state index in [0.29, 0.717) is 33.5 Å². The Morgan fingerprint density at radius 3 is 2.59 bits per heavy atom. The summed E-state index contributed by atoms with van der Waals surface area (Å²) in [7, 11) is 1.64. The maximum atomic E-state index is 12.3. The molecule has 0 amide bonds. The van der Waals surface area contributed by atoms with Gasteiger partial charge in [-0.05, 0) is 24.3 Å². The van der Waals surface area contributed by atoms with Crippen LogP contribution < -0.4 is 10.3 Å². The molecule has 0 bridgehead atoms. The number of hydrogen-bond donors (Lipinski definition) is 1. The van der Waals surface area contributed by atoms with Crippen molar-refractivity contribution in [2.75, 3.05) is 0 Å². The van der Waals surface area contributed by atoms with E-state index >= 15 is 0 Å². The van der Waals surface area contributed by atoms with Gasteiger partial charge in [0.15, 0.2) is 0 Å². The number of ether oxygens (including phenoxy) is 1. The number of para-hydroxylation sites is 1. The smallest absolute Gasteiger partial charge is 0.274 e. The topological polar surface area (TPSA) is 90.2 Å². The number of aromatic amines is 1. The van der Waals surface area contributed by atoms with Crippen LogP contribution in [0.2, 0.25) is 0 Å². The monoisotopic (exact) mass is 361 g/mol. The number of aryl methyl sites for hydroxylation is 1. The Bertz CT molecular complexity index is 1210. The Labute approximate surface area is 153 Å². The minimum absolute atomic E-state index is 0.0528. The van der Waals surface area contributed by atoms with Crippen LogP contribution in [-0.4, -0.2) is 14.5 Å². The van der Waals surface area contributed by atoms with E-state index in [4.69, 9.17) is 4.74 Å². The highest BCUT2D eigenvalue weighted by Crippen LogP contribution is 2.38. The molecule has 0 saturated heterocycles. The fourth-order valence-electron chi connectivity index (χ4n) is 3.03. The van der Waals surface area contributed by atoms with E-state index in [0.717, 1.165) is 0 Å². The SMILES string of the molecule is Cn1cc(-c2cc([N+](=O)[O-])ccc2Oc2ccccc2)c2cc[nH]c2c1=O. The van der Waals surface area contributed by atoms with Crippen LogP contribution in [0.15, 0.2) is 71.8 Å². The van der Waals surface area contributed by atoms with Gasteiger partial charge in [0, 0.05) is 48.1 Å². The Morgan fingerprint density at radius 1 is 1.07 bits per heavy atom. The zero-order valence-corrected chi connectivity index (χ0v) is 14.4. The molecule has 0 aliphatic heterocycles. The third kappa shape index (κ3) is 2.95. The number of nitrogens with zero attached hydrogens (tertiary/aromatic N) is 2. The predicted octanol–water partition coefficient (Wildman–Crippen LogP) is 4.23. The first-order valence-corrected chi connectivity index (χ1v) is 8.23. The number of non-ortho nitro benzene ring substituents is 1. The number of pyridine rings is 1. The predicted molar refractivity (Wildman–Crippen MR) is 102 cm³/mol.